The molecule has 0 N–H and O–H groups in total. The van der Waals surface area contributed by atoms with Crippen LogP contribution in [0.15, 0.2) is 82.6 Å². The molecule has 0 amide bonds. The van der Waals surface area contributed by atoms with E-state index >= 15 is 0 Å². The summed E-state index contributed by atoms with van der Waals surface area (Å²) >= 11 is 2.83. The van der Waals surface area contributed by atoms with Crippen LogP contribution in [0.25, 0.3) is 0 Å². The molecule has 176 valence electrons. The summed E-state index contributed by atoms with van der Waals surface area (Å²) in [6, 6.07) is 24.7. The molecule has 33 heavy (non-hydrogen) atoms. The third kappa shape index (κ3) is 9.82. The standard InChI is InChI=1S/C27H32O4S2/c1-21-4-12-26(13-5-21)32-30-19-17-25(31-33-27-14-6-22(2)7-15-27)16-18-29-20-23-8-10-24(28-3)11-9-23/h4-15,25H,16-20H2,1-3H3. The minimum atomic E-state index is 0.0331. The fourth-order valence-corrected chi connectivity index (χ4v) is 4.22. The van der Waals surface area contributed by atoms with Crippen LogP contribution in [0.5, 0.6) is 5.75 Å². The molecular formula is C27H32O4S2. The molecule has 0 aliphatic carbocycles. The van der Waals surface area contributed by atoms with Crippen molar-refractivity contribution in [3.05, 3.63) is 89.5 Å². The van der Waals surface area contributed by atoms with Crippen molar-refractivity contribution in [2.24, 2.45) is 0 Å². The second kappa shape index (κ2) is 14.3. The topological polar surface area (TPSA) is 36.9 Å². The Labute approximate surface area is 206 Å². The van der Waals surface area contributed by atoms with Gasteiger partial charge < -0.3 is 17.8 Å². The Kier molecular flexibility index (Phi) is 11.1. The van der Waals surface area contributed by atoms with Gasteiger partial charge in [0.1, 0.15) is 5.75 Å². The zero-order valence-electron chi connectivity index (χ0n) is 19.5. The van der Waals surface area contributed by atoms with Crippen molar-refractivity contribution < 1.29 is 17.8 Å². The molecule has 0 bridgehead atoms. The summed E-state index contributed by atoms with van der Waals surface area (Å²) in [6.07, 6.45) is 1.63. The van der Waals surface area contributed by atoms with Crippen LogP contribution in [-0.2, 0) is 19.7 Å². The van der Waals surface area contributed by atoms with E-state index in [4.69, 9.17) is 17.8 Å². The Morgan fingerprint density at radius 1 is 0.697 bits per heavy atom. The van der Waals surface area contributed by atoms with E-state index in [0.717, 1.165) is 33.9 Å². The van der Waals surface area contributed by atoms with Gasteiger partial charge in [0.05, 0.1) is 26.4 Å². The molecule has 0 aliphatic heterocycles. The third-order valence-corrected chi connectivity index (χ3v) is 6.59. The fourth-order valence-electron chi connectivity index (χ4n) is 2.97. The van der Waals surface area contributed by atoms with Gasteiger partial charge in [-0.3, -0.25) is 0 Å². The average molecular weight is 485 g/mol. The van der Waals surface area contributed by atoms with Crippen molar-refractivity contribution in [2.45, 2.75) is 49.2 Å². The second-order valence-electron chi connectivity index (χ2n) is 7.81. The van der Waals surface area contributed by atoms with Gasteiger partial charge in [-0.15, -0.1) is 0 Å². The Morgan fingerprint density at radius 2 is 1.27 bits per heavy atom. The molecule has 0 radical (unpaired) electrons. The maximum Gasteiger partial charge on any atom is 0.118 e. The van der Waals surface area contributed by atoms with Crippen LogP contribution >= 0.6 is 24.1 Å². The number of hydrogen-bond acceptors (Lipinski definition) is 6. The van der Waals surface area contributed by atoms with Crippen molar-refractivity contribution in [3.8, 4) is 5.75 Å². The monoisotopic (exact) mass is 484 g/mol. The smallest absolute Gasteiger partial charge is 0.118 e. The van der Waals surface area contributed by atoms with E-state index in [1.54, 1.807) is 7.11 Å². The first kappa shape index (κ1) is 25.7. The second-order valence-corrected chi connectivity index (χ2v) is 9.52. The van der Waals surface area contributed by atoms with Crippen molar-refractivity contribution in [1.29, 1.82) is 0 Å². The SMILES string of the molecule is COc1ccc(COCCC(CCOSc2ccc(C)cc2)OSc2ccc(C)cc2)cc1. The van der Waals surface area contributed by atoms with E-state index in [1.807, 2.05) is 24.3 Å². The fraction of sp³-hybridized carbons (Fsp3) is 0.333. The van der Waals surface area contributed by atoms with Gasteiger partial charge in [0.2, 0.25) is 0 Å². The molecule has 0 spiro atoms. The quantitative estimate of drug-likeness (QED) is 0.175. The first-order valence-electron chi connectivity index (χ1n) is 11.1. The summed E-state index contributed by atoms with van der Waals surface area (Å²) in [5.41, 5.74) is 3.61. The van der Waals surface area contributed by atoms with E-state index in [1.165, 1.54) is 35.2 Å². The van der Waals surface area contributed by atoms with Gasteiger partial charge in [-0.2, -0.15) is 0 Å². The van der Waals surface area contributed by atoms with Gasteiger partial charge in [0, 0.05) is 40.5 Å². The number of methoxy groups -OCH3 is 1. The summed E-state index contributed by atoms with van der Waals surface area (Å²) in [4.78, 5) is 2.20. The summed E-state index contributed by atoms with van der Waals surface area (Å²) in [6.45, 7) is 5.97. The highest BCUT2D eigenvalue weighted by Gasteiger charge is 2.12. The van der Waals surface area contributed by atoms with E-state index in [0.29, 0.717) is 19.8 Å². The van der Waals surface area contributed by atoms with Crippen molar-refractivity contribution in [1.82, 2.24) is 0 Å². The van der Waals surface area contributed by atoms with Crippen molar-refractivity contribution in [2.75, 3.05) is 20.3 Å². The number of rotatable bonds is 14. The molecule has 3 aromatic rings. The molecule has 0 aliphatic rings. The number of ether oxygens (including phenoxy) is 2. The molecule has 0 saturated heterocycles. The maximum atomic E-state index is 6.15. The molecule has 1 atom stereocenters. The molecule has 0 aromatic heterocycles. The minimum absolute atomic E-state index is 0.0331. The minimum Gasteiger partial charge on any atom is -0.497 e. The molecule has 0 fully saturated rings. The zero-order chi connectivity index (χ0) is 23.3. The third-order valence-electron chi connectivity index (χ3n) is 5.01. The van der Waals surface area contributed by atoms with E-state index in [-0.39, 0.29) is 6.10 Å². The van der Waals surface area contributed by atoms with Crippen LogP contribution in [0.2, 0.25) is 0 Å². The highest BCUT2D eigenvalue weighted by atomic mass is 32.2. The van der Waals surface area contributed by atoms with Gasteiger partial charge in [-0.05, 0) is 68.7 Å². The molecular weight excluding hydrogens is 452 g/mol. The lowest BCUT2D eigenvalue weighted by atomic mass is 10.2. The van der Waals surface area contributed by atoms with Crippen LogP contribution in [0.1, 0.15) is 29.5 Å². The highest BCUT2D eigenvalue weighted by Crippen LogP contribution is 2.25. The van der Waals surface area contributed by atoms with E-state index in [9.17, 15) is 0 Å². The zero-order valence-corrected chi connectivity index (χ0v) is 21.1. The predicted molar refractivity (Wildman–Crippen MR) is 137 cm³/mol. The average Bonchev–Trinajstić information content (AvgIpc) is 2.84. The predicted octanol–water partition coefficient (Wildman–Crippen LogP) is 7.43. The largest absolute Gasteiger partial charge is 0.497 e. The summed E-state index contributed by atoms with van der Waals surface area (Å²) in [5.74, 6) is 0.851. The lowest BCUT2D eigenvalue weighted by molar-refractivity contribution is 0.0827. The number of benzene rings is 3. The normalized spacial score (nSPS) is 12.0. The molecule has 0 saturated carbocycles. The molecule has 4 nitrogen and oxygen atoms in total. The van der Waals surface area contributed by atoms with Gasteiger partial charge in [0.25, 0.3) is 0 Å². The van der Waals surface area contributed by atoms with Crippen molar-refractivity contribution >= 4 is 24.1 Å². The summed E-state index contributed by atoms with van der Waals surface area (Å²) in [7, 11) is 1.67. The van der Waals surface area contributed by atoms with Crippen LogP contribution < -0.4 is 4.74 Å². The van der Waals surface area contributed by atoms with Crippen LogP contribution in [-0.4, -0.2) is 26.4 Å². The first-order chi connectivity index (χ1) is 16.1. The van der Waals surface area contributed by atoms with Crippen molar-refractivity contribution in [3.63, 3.8) is 0 Å². The Bertz CT molecular complexity index is 928. The molecule has 3 aromatic carbocycles. The molecule has 3 rings (SSSR count). The molecule has 1 unspecified atom stereocenters. The summed E-state index contributed by atoms with van der Waals surface area (Å²) in [5, 5.41) is 0. The Morgan fingerprint density at radius 3 is 1.88 bits per heavy atom. The van der Waals surface area contributed by atoms with Gasteiger partial charge >= 0.3 is 0 Å². The summed E-state index contributed by atoms with van der Waals surface area (Å²) < 4.78 is 23.1. The van der Waals surface area contributed by atoms with E-state index < -0.39 is 0 Å². The lowest BCUT2D eigenvalue weighted by Gasteiger charge is -2.17. The molecule has 6 heteroatoms. The maximum absolute atomic E-state index is 6.15. The van der Waals surface area contributed by atoms with Crippen LogP contribution in [0, 0.1) is 13.8 Å². The Balaban J connectivity index is 1.43. The lowest BCUT2D eigenvalue weighted by Crippen LogP contribution is -2.15. The first-order valence-corrected chi connectivity index (χ1v) is 12.6. The van der Waals surface area contributed by atoms with Gasteiger partial charge in [-0.25, -0.2) is 0 Å². The van der Waals surface area contributed by atoms with Crippen LogP contribution in [0.3, 0.4) is 0 Å². The molecule has 0 heterocycles. The van der Waals surface area contributed by atoms with Gasteiger partial charge in [0.15, 0.2) is 0 Å². The van der Waals surface area contributed by atoms with Crippen LogP contribution in [0.4, 0.5) is 0 Å². The van der Waals surface area contributed by atoms with E-state index in [2.05, 4.69) is 62.4 Å². The Hall–Kier alpha value is -1.96. The number of aryl methyl sites for hydroxylation is 2. The number of hydrogen-bond donors (Lipinski definition) is 0. The van der Waals surface area contributed by atoms with Gasteiger partial charge in [-0.1, -0.05) is 47.5 Å². The highest BCUT2D eigenvalue weighted by molar-refractivity contribution is 7.95.